The lowest BCUT2D eigenvalue weighted by Crippen LogP contribution is -2.36. The van der Waals surface area contributed by atoms with Gasteiger partial charge >= 0.3 is 5.97 Å². The number of rotatable bonds is 6. The van der Waals surface area contributed by atoms with E-state index in [4.69, 9.17) is 5.11 Å². The van der Waals surface area contributed by atoms with Crippen molar-refractivity contribution in [1.82, 2.24) is 4.90 Å². The van der Waals surface area contributed by atoms with Crippen molar-refractivity contribution >= 4 is 29.0 Å². The highest BCUT2D eigenvalue weighted by Gasteiger charge is 2.30. The number of likely N-dealkylation sites (tertiary alicyclic amines) is 1. The van der Waals surface area contributed by atoms with Gasteiger partial charge in [0.05, 0.1) is 6.42 Å². The average molecular weight is 323 g/mol. The average Bonchev–Trinajstić information content (AvgIpc) is 3.01. The Morgan fingerprint density at radius 3 is 2.64 bits per heavy atom. The summed E-state index contributed by atoms with van der Waals surface area (Å²) in [4.78, 5) is 39.0. The molecule has 0 aromatic carbocycles. The van der Waals surface area contributed by atoms with Crippen LogP contribution in [0.5, 0.6) is 0 Å². The Kier molecular flexibility index (Phi) is 5.34. The first kappa shape index (κ1) is 16.7. The molecule has 120 valence electrons. The molecule has 0 aliphatic carbocycles. The number of ketones is 1. The van der Waals surface area contributed by atoms with Gasteiger partial charge in [-0.25, -0.2) is 0 Å². The van der Waals surface area contributed by atoms with E-state index in [-0.39, 0.29) is 37.0 Å². The quantitative estimate of drug-likeness (QED) is 0.817. The van der Waals surface area contributed by atoms with Gasteiger partial charge in [-0.1, -0.05) is 0 Å². The lowest BCUT2D eigenvalue weighted by Gasteiger charge is -2.23. The zero-order chi connectivity index (χ0) is 16.3. The molecule has 1 amide bonds. The van der Waals surface area contributed by atoms with E-state index in [9.17, 15) is 14.4 Å². The molecule has 0 saturated carbocycles. The molecule has 1 saturated heterocycles. The molecule has 1 N–H and O–H groups in total. The number of thiophene rings is 1. The summed E-state index contributed by atoms with van der Waals surface area (Å²) < 4.78 is 0. The van der Waals surface area contributed by atoms with Crippen molar-refractivity contribution in [3.8, 4) is 0 Å². The number of hydrogen-bond acceptors (Lipinski definition) is 4. The molecule has 1 unspecified atom stereocenters. The molecule has 2 rings (SSSR count). The van der Waals surface area contributed by atoms with E-state index in [2.05, 4.69) is 0 Å². The van der Waals surface area contributed by atoms with E-state index in [1.807, 2.05) is 19.9 Å². The Labute approximate surface area is 133 Å². The number of carboxylic acid groups (broad SMARTS) is 1. The molecular formula is C16H21NO4S. The van der Waals surface area contributed by atoms with E-state index in [1.54, 1.807) is 16.2 Å². The number of Topliss-reactive ketones (excluding diaryl/α,β-unsaturated/α-hetero) is 1. The third-order valence-electron chi connectivity index (χ3n) is 4.02. The second-order valence-corrected chi connectivity index (χ2v) is 7.19. The predicted molar refractivity (Wildman–Crippen MR) is 84.3 cm³/mol. The van der Waals surface area contributed by atoms with E-state index in [1.165, 1.54) is 0 Å². The van der Waals surface area contributed by atoms with Gasteiger partial charge in [0.25, 0.3) is 0 Å². The third kappa shape index (κ3) is 3.94. The number of amides is 1. The summed E-state index contributed by atoms with van der Waals surface area (Å²) in [5.74, 6) is -1.00. The van der Waals surface area contributed by atoms with E-state index in [0.717, 1.165) is 22.6 Å². The summed E-state index contributed by atoms with van der Waals surface area (Å²) >= 11 is 1.58. The lowest BCUT2D eigenvalue weighted by atomic mass is 10.1. The topological polar surface area (TPSA) is 74.7 Å². The molecule has 0 radical (unpaired) electrons. The number of carbonyl (C=O) groups excluding carboxylic acids is 2. The molecule has 0 bridgehead atoms. The van der Waals surface area contributed by atoms with Crippen LogP contribution in [0, 0.1) is 13.8 Å². The Morgan fingerprint density at radius 2 is 2.05 bits per heavy atom. The second-order valence-electron chi connectivity index (χ2n) is 5.73. The summed E-state index contributed by atoms with van der Waals surface area (Å²) in [7, 11) is 0. The minimum absolute atomic E-state index is 0.0100. The standard InChI is InChI=1S/C16H21NO4S/c1-10-8-13(11(2)22-10)14(18)5-6-15(19)17-7-3-4-12(17)9-16(20)21/h8,12H,3-7,9H2,1-2H3,(H,20,21). The Morgan fingerprint density at radius 1 is 1.32 bits per heavy atom. The fraction of sp³-hybridized carbons (Fsp3) is 0.562. The van der Waals surface area contributed by atoms with Crippen LogP contribution in [0.15, 0.2) is 6.07 Å². The van der Waals surface area contributed by atoms with Crippen molar-refractivity contribution < 1.29 is 19.5 Å². The first-order chi connectivity index (χ1) is 10.4. The molecule has 1 aromatic rings. The fourth-order valence-corrected chi connectivity index (χ4v) is 3.93. The number of hydrogen-bond donors (Lipinski definition) is 1. The van der Waals surface area contributed by atoms with Gasteiger partial charge in [0.1, 0.15) is 0 Å². The Balaban J connectivity index is 1.90. The van der Waals surface area contributed by atoms with E-state index < -0.39 is 5.97 Å². The summed E-state index contributed by atoms with van der Waals surface area (Å²) in [6, 6.07) is 1.65. The van der Waals surface area contributed by atoms with Crippen LogP contribution < -0.4 is 0 Å². The number of aryl methyl sites for hydroxylation is 2. The van der Waals surface area contributed by atoms with Crippen LogP contribution >= 0.6 is 11.3 Å². The molecule has 2 heterocycles. The van der Waals surface area contributed by atoms with Gasteiger partial charge in [0.15, 0.2) is 5.78 Å². The van der Waals surface area contributed by atoms with Gasteiger partial charge in [0, 0.05) is 40.7 Å². The van der Waals surface area contributed by atoms with Crippen molar-refractivity contribution in [3.05, 3.63) is 21.4 Å². The van der Waals surface area contributed by atoms with Crippen molar-refractivity contribution in [2.45, 2.75) is 52.0 Å². The van der Waals surface area contributed by atoms with Crippen LogP contribution in [0.25, 0.3) is 0 Å². The zero-order valence-electron chi connectivity index (χ0n) is 12.9. The van der Waals surface area contributed by atoms with Gasteiger partial charge < -0.3 is 10.0 Å². The lowest BCUT2D eigenvalue weighted by molar-refractivity contribution is -0.139. The first-order valence-corrected chi connectivity index (χ1v) is 8.31. The molecule has 22 heavy (non-hydrogen) atoms. The van der Waals surface area contributed by atoms with Crippen LogP contribution in [0.4, 0.5) is 0 Å². The highest BCUT2D eigenvalue weighted by molar-refractivity contribution is 7.12. The molecule has 5 nitrogen and oxygen atoms in total. The fourth-order valence-electron chi connectivity index (χ4n) is 2.98. The van der Waals surface area contributed by atoms with Gasteiger partial charge in [-0.05, 0) is 32.8 Å². The second kappa shape index (κ2) is 7.05. The summed E-state index contributed by atoms with van der Waals surface area (Å²) in [5.41, 5.74) is 0.707. The van der Waals surface area contributed by atoms with Gasteiger partial charge in [-0.3, -0.25) is 14.4 Å². The number of carbonyl (C=O) groups is 3. The van der Waals surface area contributed by atoms with E-state index in [0.29, 0.717) is 12.1 Å². The first-order valence-electron chi connectivity index (χ1n) is 7.50. The van der Waals surface area contributed by atoms with Gasteiger partial charge in [-0.15, -0.1) is 11.3 Å². The smallest absolute Gasteiger partial charge is 0.305 e. The molecular weight excluding hydrogens is 302 g/mol. The number of carboxylic acids is 1. The maximum atomic E-state index is 12.2. The third-order valence-corrected chi connectivity index (χ3v) is 4.98. The van der Waals surface area contributed by atoms with Gasteiger partial charge in [-0.2, -0.15) is 0 Å². The van der Waals surface area contributed by atoms with Crippen molar-refractivity contribution in [2.75, 3.05) is 6.54 Å². The summed E-state index contributed by atoms with van der Waals surface area (Å²) in [6.07, 6.45) is 1.90. The van der Waals surface area contributed by atoms with E-state index >= 15 is 0 Å². The number of nitrogens with zero attached hydrogens (tertiary/aromatic N) is 1. The maximum absolute atomic E-state index is 12.2. The van der Waals surface area contributed by atoms with Crippen LogP contribution in [0.1, 0.15) is 52.2 Å². The molecule has 1 atom stereocenters. The summed E-state index contributed by atoms with van der Waals surface area (Å²) in [5, 5.41) is 8.88. The van der Waals surface area contributed by atoms with Gasteiger partial charge in [0.2, 0.25) is 5.91 Å². The largest absolute Gasteiger partial charge is 0.481 e. The minimum Gasteiger partial charge on any atom is -0.481 e. The van der Waals surface area contributed by atoms with Crippen LogP contribution in [-0.2, 0) is 9.59 Å². The predicted octanol–water partition coefficient (Wildman–Crippen LogP) is 2.79. The maximum Gasteiger partial charge on any atom is 0.305 e. The molecule has 1 aliphatic rings. The van der Waals surface area contributed by atoms with Crippen molar-refractivity contribution in [2.24, 2.45) is 0 Å². The van der Waals surface area contributed by atoms with Crippen LogP contribution in [0.3, 0.4) is 0 Å². The van der Waals surface area contributed by atoms with Crippen molar-refractivity contribution in [1.29, 1.82) is 0 Å². The monoisotopic (exact) mass is 323 g/mol. The molecule has 1 aromatic heterocycles. The Hall–Kier alpha value is -1.69. The SMILES string of the molecule is Cc1cc(C(=O)CCC(=O)N2CCCC2CC(=O)O)c(C)s1. The van der Waals surface area contributed by atoms with Crippen LogP contribution in [-0.4, -0.2) is 40.3 Å². The number of aliphatic carboxylic acids is 1. The molecule has 6 heteroatoms. The Bertz CT molecular complexity index is 593. The van der Waals surface area contributed by atoms with Crippen LogP contribution in [0.2, 0.25) is 0 Å². The normalized spacial score (nSPS) is 17.7. The highest BCUT2D eigenvalue weighted by Crippen LogP contribution is 2.24. The minimum atomic E-state index is -0.884. The summed E-state index contributed by atoms with van der Waals surface area (Å²) in [6.45, 7) is 4.47. The van der Waals surface area contributed by atoms with Crippen molar-refractivity contribution in [3.63, 3.8) is 0 Å². The zero-order valence-corrected chi connectivity index (χ0v) is 13.7. The highest BCUT2D eigenvalue weighted by atomic mass is 32.1. The molecule has 1 aliphatic heterocycles. The molecule has 0 spiro atoms. The molecule has 1 fully saturated rings.